The zero-order chi connectivity index (χ0) is 26.3. The van der Waals surface area contributed by atoms with E-state index in [0.29, 0.717) is 5.75 Å². The molecule has 3 aromatic rings. The van der Waals surface area contributed by atoms with Crippen molar-refractivity contribution in [3.8, 4) is 11.5 Å². The van der Waals surface area contributed by atoms with Gasteiger partial charge in [0.25, 0.3) is 10.0 Å². The van der Waals surface area contributed by atoms with Crippen molar-refractivity contribution in [1.29, 1.82) is 0 Å². The van der Waals surface area contributed by atoms with E-state index in [1.165, 1.54) is 56.7 Å². The van der Waals surface area contributed by atoms with Gasteiger partial charge in [-0.2, -0.15) is 0 Å². The number of sulfonamides is 1. The quantitative estimate of drug-likeness (QED) is 0.408. The number of nitrogens with one attached hydrogen (secondary N) is 1. The summed E-state index contributed by atoms with van der Waals surface area (Å²) < 4.78 is 57.0. The number of benzene rings is 3. The Morgan fingerprint density at radius 3 is 2.25 bits per heavy atom. The van der Waals surface area contributed by atoms with E-state index in [9.17, 15) is 22.4 Å². The van der Waals surface area contributed by atoms with Gasteiger partial charge in [0.2, 0.25) is 5.91 Å². The van der Waals surface area contributed by atoms with Crippen LogP contribution in [0.2, 0.25) is 0 Å². The predicted molar refractivity (Wildman–Crippen MR) is 132 cm³/mol. The van der Waals surface area contributed by atoms with Crippen molar-refractivity contribution in [2.24, 2.45) is 0 Å². The van der Waals surface area contributed by atoms with Gasteiger partial charge in [0.1, 0.15) is 12.4 Å². The van der Waals surface area contributed by atoms with Gasteiger partial charge in [0.15, 0.2) is 11.5 Å². The van der Waals surface area contributed by atoms with Crippen LogP contribution in [-0.2, 0) is 19.6 Å². The van der Waals surface area contributed by atoms with Gasteiger partial charge < -0.3 is 19.5 Å². The minimum absolute atomic E-state index is 0.0556. The molecule has 1 N–H and O–H groups in total. The molecule has 1 amide bonds. The molecule has 0 unspecified atom stereocenters. The average Bonchev–Trinajstić information content (AvgIpc) is 2.87. The molecule has 0 aliphatic heterocycles. The number of amides is 1. The molecular weight excluding hydrogens is 491 g/mol. The monoisotopic (exact) mass is 516 g/mol. The van der Waals surface area contributed by atoms with Crippen molar-refractivity contribution in [3.05, 3.63) is 78.1 Å². The number of rotatable bonds is 10. The van der Waals surface area contributed by atoms with E-state index in [1.54, 1.807) is 19.1 Å². The normalized spacial score (nSPS) is 10.9. The fourth-order valence-corrected chi connectivity index (χ4v) is 4.76. The molecule has 190 valence electrons. The molecule has 36 heavy (non-hydrogen) atoms. The summed E-state index contributed by atoms with van der Waals surface area (Å²) >= 11 is 0. The summed E-state index contributed by atoms with van der Waals surface area (Å²) in [7, 11) is -1.55. The lowest BCUT2D eigenvalue weighted by Crippen LogP contribution is -2.38. The van der Waals surface area contributed by atoms with Crippen molar-refractivity contribution in [3.63, 3.8) is 0 Å². The summed E-state index contributed by atoms with van der Waals surface area (Å²) in [6.45, 7) is 1.13. The number of carbonyl (C=O) groups is 2. The predicted octanol–water partition coefficient (Wildman–Crippen LogP) is 3.85. The summed E-state index contributed by atoms with van der Waals surface area (Å²) in [6, 6.07) is 14.8. The molecule has 3 rings (SSSR count). The zero-order valence-corrected chi connectivity index (χ0v) is 20.7. The van der Waals surface area contributed by atoms with E-state index < -0.39 is 34.3 Å². The maximum absolute atomic E-state index is 13.6. The molecular formula is C25H25FN2O7S. The summed E-state index contributed by atoms with van der Waals surface area (Å²) in [6.07, 6.45) is 0. The number of hydrogen-bond donors (Lipinski definition) is 1. The van der Waals surface area contributed by atoms with Gasteiger partial charge in [-0.05, 0) is 55.5 Å². The van der Waals surface area contributed by atoms with Crippen molar-refractivity contribution >= 4 is 33.3 Å². The highest BCUT2D eigenvalue weighted by molar-refractivity contribution is 7.92. The molecule has 0 heterocycles. The van der Waals surface area contributed by atoms with Crippen LogP contribution in [0, 0.1) is 5.82 Å². The Kier molecular flexibility index (Phi) is 8.49. The number of esters is 1. The van der Waals surface area contributed by atoms with Gasteiger partial charge in [-0.25, -0.2) is 17.6 Å². The first-order valence-corrected chi connectivity index (χ1v) is 12.2. The first-order valence-electron chi connectivity index (χ1n) is 10.8. The van der Waals surface area contributed by atoms with Gasteiger partial charge in [-0.3, -0.25) is 9.10 Å². The van der Waals surface area contributed by atoms with Crippen LogP contribution in [0.5, 0.6) is 11.5 Å². The number of nitrogens with zero attached hydrogens (tertiary/aromatic N) is 1. The maximum atomic E-state index is 13.6. The fourth-order valence-electron chi connectivity index (χ4n) is 3.33. The van der Waals surface area contributed by atoms with Crippen LogP contribution in [-0.4, -0.2) is 47.7 Å². The topological polar surface area (TPSA) is 111 Å². The molecule has 0 aromatic heterocycles. The molecule has 0 radical (unpaired) electrons. The Morgan fingerprint density at radius 1 is 0.944 bits per heavy atom. The van der Waals surface area contributed by atoms with Crippen LogP contribution >= 0.6 is 0 Å². The summed E-state index contributed by atoms with van der Waals surface area (Å²) in [5.41, 5.74) is 0.326. The van der Waals surface area contributed by atoms with Gasteiger partial charge in [0.05, 0.1) is 42.7 Å². The van der Waals surface area contributed by atoms with Crippen LogP contribution in [0.15, 0.2) is 71.6 Å². The lowest BCUT2D eigenvalue weighted by Gasteiger charge is -2.24. The number of hydrogen-bond acceptors (Lipinski definition) is 7. The van der Waals surface area contributed by atoms with Gasteiger partial charge in [-0.15, -0.1) is 0 Å². The number of ether oxygens (including phenoxy) is 3. The average molecular weight is 517 g/mol. The van der Waals surface area contributed by atoms with E-state index in [-0.39, 0.29) is 34.2 Å². The molecule has 9 nitrogen and oxygen atoms in total. The van der Waals surface area contributed by atoms with Crippen LogP contribution < -0.4 is 19.1 Å². The molecule has 0 aliphatic rings. The van der Waals surface area contributed by atoms with Gasteiger partial charge in [-0.1, -0.05) is 12.1 Å². The Morgan fingerprint density at radius 2 is 1.61 bits per heavy atom. The van der Waals surface area contributed by atoms with E-state index in [0.717, 1.165) is 16.4 Å². The number of anilines is 2. The molecule has 0 saturated carbocycles. The number of para-hydroxylation sites is 1. The van der Waals surface area contributed by atoms with Crippen molar-refractivity contribution in [2.45, 2.75) is 11.8 Å². The smallest absolute Gasteiger partial charge is 0.340 e. The second-order valence-corrected chi connectivity index (χ2v) is 9.18. The highest BCUT2D eigenvalue weighted by Gasteiger charge is 2.29. The largest absolute Gasteiger partial charge is 0.493 e. The summed E-state index contributed by atoms with van der Waals surface area (Å²) in [5.74, 6) is -1.46. The Balaban J connectivity index is 1.98. The van der Waals surface area contributed by atoms with E-state index in [1.807, 2.05) is 0 Å². The van der Waals surface area contributed by atoms with Gasteiger partial charge >= 0.3 is 5.97 Å². The third kappa shape index (κ3) is 5.92. The highest BCUT2D eigenvalue weighted by atomic mass is 32.2. The van der Waals surface area contributed by atoms with Crippen LogP contribution in [0.1, 0.15) is 17.3 Å². The standard InChI is InChI=1S/C25H25FN2O7S/c1-4-35-25(30)20-7-5-6-8-21(20)27-24(29)16-28(18-11-9-17(26)10-12-18)36(31,32)19-13-14-22(33-2)23(15-19)34-3/h5-15H,4,16H2,1-3H3,(H,27,29). The third-order valence-electron chi connectivity index (χ3n) is 5.04. The van der Waals surface area contributed by atoms with E-state index in [2.05, 4.69) is 5.32 Å². The molecule has 11 heteroatoms. The Bertz CT molecular complexity index is 1340. The second kappa shape index (κ2) is 11.5. The SMILES string of the molecule is CCOC(=O)c1ccccc1NC(=O)CN(c1ccc(F)cc1)S(=O)(=O)c1ccc(OC)c(OC)c1. The maximum Gasteiger partial charge on any atom is 0.340 e. The van der Waals surface area contributed by atoms with Crippen molar-refractivity contribution in [2.75, 3.05) is 37.0 Å². The third-order valence-corrected chi connectivity index (χ3v) is 6.81. The molecule has 3 aromatic carbocycles. The number of methoxy groups -OCH3 is 2. The van der Waals surface area contributed by atoms with Crippen molar-refractivity contribution < 1.29 is 36.6 Å². The molecule has 0 saturated heterocycles. The first kappa shape index (κ1) is 26.5. The fraction of sp³-hybridized carbons (Fsp3) is 0.200. The zero-order valence-electron chi connectivity index (χ0n) is 19.9. The molecule has 0 bridgehead atoms. The first-order chi connectivity index (χ1) is 17.2. The summed E-state index contributed by atoms with van der Waals surface area (Å²) in [5, 5.41) is 2.56. The molecule has 0 fully saturated rings. The van der Waals surface area contributed by atoms with E-state index in [4.69, 9.17) is 14.2 Å². The highest BCUT2D eigenvalue weighted by Crippen LogP contribution is 2.32. The van der Waals surface area contributed by atoms with Crippen LogP contribution in [0.4, 0.5) is 15.8 Å². The second-order valence-electron chi connectivity index (χ2n) is 7.32. The summed E-state index contributed by atoms with van der Waals surface area (Å²) in [4.78, 5) is 25.1. The van der Waals surface area contributed by atoms with Gasteiger partial charge in [0, 0.05) is 6.07 Å². The number of halogens is 1. The molecule has 0 aliphatic carbocycles. The van der Waals surface area contributed by atoms with Crippen LogP contribution in [0.25, 0.3) is 0 Å². The van der Waals surface area contributed by atoms with Crippen molar-refractivity contribution in [1.82, 2.24) is 0 Å². The molecule has 0 atom stereocenters. The Labute approximate surface area is 208 Å². The minimum atomic E-state index is -4.32. The molecule has 0 spiro atoms. The van der Waals surface area contributed by atoms with E-state index >= 15 is 0 Å². The minimum Gasteiger partial charge on any atom is -0.493 e. The lowest BCUT2D eigenvalue weighted by molar-refractivity contribution is -0.114. The van der Waals surface area contributed by atoms with Crippen LogP contribution in [0.3, 0.4) is 0 Å². The number of carbonyl (C=O) groups excluding carboxylic acids is 2. The lowest BCUT2D eigenvalue weighted by atomic mass is 10.2. The Hall–Kier alpha value is -4.12.